The topological polar surface area (TPSA) is 63.7 Å². The van der Waals surface area contributed by atoms with Crippen LogP contribution < -0.4 is 14.8 Å². The van der Waals surface area contributed by atoms with E-state index in [0.717, 1.165) is 35.1 Å². The number of amides is 1. The lowest BCUT2D eigenvalue weighted by Gasteiger charge is -2.21. The normalized spacial score (nSPS) is 11.0. The molecule has 2 aromatic carbocycles. The van der Waals surface area contributed by atoms with E-state index >= 15 is 0 Å². The van der Waals surface area contributed by atoms with Gasteiger partial charge in [-0.2, -0.15) is 0 Å². The summed E-state index contributed by atoms with van der Waals surface area (Å²) in [6.07, 6.45) is 2.37. The molecule has 0 unspecified atom stereocenters. The summed E-state index contributed by atoms with van der Waals surface area (Å²) >= 11 is 0. The van der Waals surface area contributed by atoms with Crippen molar-refractivity contribution in [2.75, 3.05) is 39.2 Å². The lowest BCUT2D eigenvalue weighted by atomic mass is 10.0. The van der Waals surface area contributed by atoms with Gasteiger partial charge in [-0.1, -0.05) is 44.2 Å². The van der Waals surface area contributed by atoms with Gasteiger partial charge in [-0.15, -0.1) is 0 Å². The fourth-order valence-corrected chi connectivity index (χ4v) is 3.58. The van der Waals surface area contributed by atoms with Crippen molar-refractivity contribution in [2.24, 2.45) is 0 Å². The molecule has 1 aromatic heterocycles. The number of fused-ring (bicyclic) bond motifs is 1. The first-order valence-corrected chi connectivity index (χ1v) is 10.2. The standard InChI is InChI=1S/C24H29N3O3/c1-5-27(6-2)16-22(28)26-23-18(11-12-21(29-3)24(23)30-4)15-20-19-10-8-7-9-17(19)13-14-25-20/h7-14H,5-6,15-16H2,1-4H3,(H,26,28). The molecule has 0 fully saturated rings. The van der Waals surface area contributed by atoms with E-state index in [1.807, 2.05) is 50.4 Å². The van der Waals surface area contributed by atoms with Crippen LogP contribution in [0.4, 0.5) is 5.69 Å². The van der Waals surface area contributed by atoms with Crippen LogP contribution in [-0.2, 0) is 11.2 Å². The Morgan fingerprint density at radius 2 is 1.80 bits per heavy atom. The first-order valence-electron chi connectivity index (χ1n) is 10.2. The van der Waals surface area contributed by atoms with Gasteiger partial charge >= 0.3 is 0 Å². The zero-order valence-corrected chi connectivity index (χ0v) is 18.1. The first kappa shape index (κ1) is 21.6. The molecule has 0 aliphatic rings. The summed E-state index contributed by atoms with van der Waals surface area (Å²) in [6, 6.07) is 14.0. The predicted molar refractivity (Wildman–Crippen MR) is 121 cm³/mol. The summed E-state index contributed by atoms with van der Waals surface area (Å²) in [7, 11) is 3.17. The monoisotopic (exact) mass is 407 g/mol. The number of rotatable bonds is 9. The number of carbonyl (C=O) groups is 1. The van der Waals surface area contributed by atoms with Crippen LogP contribution in [0.3, 0.4) is 0 Å². The van der Waals surface area contributed by atoms with Gasteiger partial charge in [0, 0.05) is 18.0 Å². The smallest absolute Gasteiger partial charge is 0.238 e. The van der Waals surface area contributed by atoms with Gasteiger partial charge in [0.05, 0.1) is 32.1 Å². The van der Waals surface area contributed by atoms with Gasteiger partial charge in [0.2, 0.25) is 5.91 Å². The molecule has 6 nitrogen and oxygen atoms in total. The van der Waals surface area contributed by atoms with Crippen molar-refractivity contribution in [3.8, 4) is 11.5 Å². The Kier molecular flexibility index (Phi) is 7.25. The molecular weight excluding hydrogens is 378 g/mol. The zero-order chi connectivity index (χ0) is 21.5. The van der Waals surface area contributed by atoms with Crippen LogP contribution in [0.5, 0.6) is 11.5 Å². The first-order chi connectivity index (χ1) is 14.6. The van der Waals surface area contributed by atoms with E-state index in [1.54, 1.807) is 14.2 Å². The van der Waals surface area contributed by atoms with Crippen LogP contribution in [0.1, 0.15) is 25.1 Å². The average molecular weight is 408 g/mol. The highest BCUT2D eigenvalue weighted by Gasteiger charge is 2.19. The predicted octanol–water partition coefficient (Wildman–Crippen LogP) is 4.12. The van der Waals surface area contributed by atoms with E-state index in [2.05, 4.69) is 27.3 Å². The molecule has 1 amide bonds. The molecule has 0 atom stereocenters. The number of pyridine rings is 1. The van der Waals surface area contributed by atoms with Crippen molar-refractivity contribution in [3.05, 3.63) is 59.9 Å². The van der Waals surface area contributed by atoms with E-state index in [0.29, 0.717) is 30.2 Å². The van der Waals surface area contributed by atoms with Crippen molar-refractivity contribution in [1.82, 2.24) is 9.88 Å². The van der Waals surface area contributed by atoms with Crippen LogP contribution in [0.2, 0.25) is 0 Å². The van der Waals surface area contributed by atoms with Crippen LogP contribution >= 0.6 is 0 Å². The van der Waals surface area contributed by atoms with Gasteiger partial charge in [0.1, 0.15) is 0 Å². The molecule has 0 saturated heterocycles. The maximum absolute atomic E-state index is 12.8. The Morgan fingerprint density at radius 1 is 1.03 bits per heavy atom. The average Bonchev–Trinajstić information content (AvgIpc) is 2.78. The summed E-state index contributed by atoms with van der Waals surface area (Å²) in [4.78, 5) is 19.4. The molecule has 1 N–H and O–H groups in total. The summed E-state index contributed by atoms with van der Waals surface area (Å²) in [5.41, 5.74) is 2.49. The summed E-state index contributed by atoms with van der Waals surface area (Å²) in [6.45, 7) is 6.03. The summed E-state index contributed by atoms with van der Waals surface area (Å²) < 4.78 is 11.1. The fraction of sp³-hybridized carbons (Fsp3) is 0.333. The number of carbonyl (C=O) groups excluding carboxylic acids is 1. The van der Waals surface area contributed by atoms with E-state index in [9.17, 15) is 4.79 Å². The van der Waals surface area contributed by atoms with Gasteiger partial charge in [-0.05, 0) is 36.2 Å². The number of methoxy groups -OCH3 is 2. The summed E-state index contributed by atoms with van der Waals surface area (Å²) in [5, 5.41) is 5.29. The Bertz CT molecular complexity index is 1010. The minimum atomic E-state index is -0.0858. The molecular formula is C24H29N3O3. The molecule has 6 heteroatoms. The molecule has 0 bridgehead atoms. The van der Waals surface area contributed by atoms with Crippen LogP contribution in [0.15, 0.2) is 48.7 Å². The van der Waals surface area contributed by atoms with Crippen molar-refractivity contribution in [1.29, 1.82) is 0 Å². The maximum Gasteiger partial charge on any atom is 0.238 e. The van der Waals surface area contributed by atoms with Crippen molar-refractivity contribution < 1.29 is 14.3 Å². The van der Waals surface area contributed by atoms with Gasteiger partial charge < -0.3 is 14.8 Å². The van der Waals surface area contributed by atoms with Gasteiger partial charge in [-0.3, -0.25) is 14.7 Å². The molecule has 0 radical (unpaired) electrons. The third kappa shape index (κ3) is 4.71. The maximum atomic E-state index is 12.8. The fourth-order valence-electron chi connectivity index (χ4n) is 3.58. The van der Waals surface area contributed by atoms with E-state index in [-0.39, 0.29) is 5.91 Å². The lowest BCUT2D eigenvalue weighted by Crippen LogP contribution is -2.33. The van der Waals surface area contributed by atoms with Crippen molar-refractivity contribution in [2.45, 2.75) is 20.3 Å². The Morgan fingerprint density at radius 3 is 2.50 bits per heavy atom. The van der Waals surface area contributed by atoms with Crippen LogP contribution in [-0.4, -0.2) is 49.6 Å². The highest BCUT2D eigenvalue weighted by Crippen LogP contribution is 2.39. The number of ether oxygens (including phenoxy) is 2. The van der Waals surface area contributed by atoms with Gasteiger partial charge in [0.25, 0.3) is 0 Å². The lowest BCUT2D eigenvalue weighted by molar-refractivity contribution is -0.117. The highest BCUT2D eigenvalue weighted by molar-refractivity contribution is 5.95. The van der Waals surface area contributed by atoms with Crippen LogP contribution in [0.25, 0.3) is 10.8 Å². The molecule has 0 aliphatic heterocycles. The third-order valence-electron chi connectivity index (χ3n) is 5.27. The van der Waals surface area contributed by atoms with Crippen molar-refractivity contribution >= 4 is 22.4 Å². The number of nitrogens with one attached hydrogen (secondary N) is 1. The number of aromatic nitrogens is 1. The molecule has 0 aliphatic carbocycles. The zero-order valence-electron chi connectivity index (χ0n) is 18.1. The van der Waals surface area contributed by atoms with Crippen LogP contribution in [0, 0.1) is 0 Å². The molecule has 158 valence electrons. The largest absolute Gasteiger partial charge is 0.493 e. The van der Waals surface area contributed by atoms with Crippen molar-refractivity contribution in [3.63, 3.8) is 0 Å². The SMILES string of the molecule is CCN(CC)CC(=O)Nc1c(Cc2nccc3ccccc23)ccc(OC)c1OC. The Hall–Kier alpha value is -3.12. The molecule has 3 rings (SSSR count). The Balaban J connectivity index is 2.00. The minimum Gasteiger partial charge on any atom is -0.493 e. The third-order valence-corrected chi connectivity index (χ3v) is 5.27. The number of nitrogens with zero attached hydrogens (tertiary/aromatic N) is 2. The van der Waals surface area contributed by atoms with Gasteiger partial charge in [-0.25, -0.2) is 0 Å². The number of hydrogen-bond donors (Lipinski definition) is 1. The second-order valence-corrected chi connectivity index (χ2v) is 7.00. The number of benzene rings is 2. The quantitative estimate of drug-likeness (QED) is 0.578. The van der Waals surface area contributed by atoms with E-state index in [4.69, 9.17) is 9.47 Å². The number of anilines is 1. The second kappa shape index (κ2) is 10.1. The summed E-state index contributed by atoms with van der Waals surface area (Å²) in [5.74, 6) is 1.01. The molecule has 1 heterocycles. The molecule has 0 saturated carbocycles. The second-order valence-electron chi connectivity index (χ2n) is 7.00. The number of likely N-dealkylation sites (N-methyl/N-ethyl adjacent to an activating group) is 1. The molecule has 30 heavy (non-hydrogen) atoms. The van der Waals surface area contributed by atoms with E-state index in [1.165, 1.54) is 0 Å². The van der Waals surface area contributed by atoms with Gasteiger partial charge in [0.15, 0.2) is 11.5 Å². The highest BCUT2D eigenvalue weighted by atomic mass is 16.5. The van der Waals surface area contributed by atoms with E-state index < -0.39 is 0 Å². The molecule has 3 aromatic rings. The number of hydrogen-bond acceptors (Lipinski definition) is 5. The minimum absolute atomic E-state index is 0.0858. The Labute approximate surface area is 177 Å². The molecule has 0 spiro atoms.